The van der Waals surface area contributed by atoms with Gasteiger partial charge in [0.25, 0.3) is 0 Å². The molecule has 0 radical (unpaired) electrons. The third-order valence-electron chi connectivity index (χ3n) is 1.41. The highest BCUT2D eigenvalue weighted by Gasteiger charge is 2.03. The fourth-order valence-electron chi connectivity index (χ4n) is 0.863. The van der Waals surface area contributed by atoms with Gasteiger partial charge in [-0.05, 0) is 29.8 Å². The first-order valence-electron chi connectivity index (χ1n) is 3.35. The van der Waals surface area contributed by atoms with Gasteiger partial charge in [-0.2, -0.15) is 0 Å². The lowest BCUT2D eigenvalue weighted by atomic mass is 10.3. The molecule has 0 bridgehead atoms. The molecule has 0 amide bonds. The summed E-state index contributed by atoms with van der Waals surface area (Å²) in [6.45, 7) is 4.25. The Morgan fingerprint density at radius 2 is 1.73 bits per heavy atom. The molecule has 60 valence electrons. The fourth-order valence-corrected chi connectivity index (χ4v) is 1.04. The molecule has 1 aromatic heterocycles. The molecule has 0 aliphatic rings. The van der Waals surface area contributed by atoms with Crippen LogP contribution in [0.1, 0.15) is 17.2 Å². The van der Waals surface area contributed by atoms with Crippen LogP contribution in [0.3, 0.4) is 0 Å². The number of nitrogens with two attached hydrogens (primary N) is 1. The molecule has 3 nitrogen and oxygen atoms in total. The first-order chi connectivity index (χ1) is 5.15. The maximum atomic E-state index is 5.40. The van der Waals surface area contributed by atoms with Gasteiger partial charge in [-0.1, -0.05) is 0 Å². The van der Waals surface area contributed by atoms with Crippen molar-refractivity contribution in [2.75, 3.05) is 0 Å². The second kappa shape index (κ2) is 3.28. The van der Waals surface area contributed by atoms with Crippen LogP contribution in [0.4, 0.5) is 0 Å². The summed E-state index contributed by atoms with van der Waals surface area (Å²) in [5.41, 5.74) is 7.28. The minimum Gasteiger partial charge on any atom is -0.324 e. The number of hydrogen-bond donors (Lipinski definition) is 1. The van der Waals surface area contributed by atoms with Crippen molar-refractivity contribution >= 4 is 15.9 Å². The van der Waals surface area contributed by atoms with E-state index in [1.807, 2.05) is 13.8 Å². The first-order valence-corrected chi connectivity index (χ1v) is 4.14. The minimum absolute atomic E-state index is 0.398. The SMILES string of the molecule is Cc1nc(CN)nc(C)c1Br. The van der Waals surface area contributed by atoms with Crippen LogP contribution in [0.2, 0.25) is 0 Å². The van der Waals surface area contributed by atoms with Crippen molar-refractivity contribution in [3.05, 3.63) is 21.7 Å². The number of hydrogen-bond acceptors (Lipinski definition) is 3. The molecule has 0 spiro atoms. The van der Waals surface area contributed by atoms with E-state index in [4.69, 9.17) is 5.73 Å². The largest absolute Gasteiger partial charge is 0.324 e. The average molecular weight is 216 g/mol. The zero-order valence-electron chi connectivity index (χ0n) is 6.56. The quantitative estimate of drug-likeness (QED) is 0.769. The first kappa shape index (κ1) is 8.62. The maximum absolute atomic E-state index is 5.40. The predicted molar refractivity (Wildman–Crippen MR) is 47.1 cm³/mol. The van der Waals surface area contributed by atoms with Crippen LogP contribution < -0.4 is 5.73 Å². The van der Waals surface area contributed by atoms with E-state index < -0.39 is 0 Å². The van der Waals surface area contributed by atoms with Gasteiger partial charge in [0.2, 0.25) is 0 Å². The molecule has 0 atom stereocenters. The highest BCUT2D eigenvalue weighted by molar-refractivity contribution is 9.10. The van der Waals surface area contributed by atoms with Crippen molar-refractivity contribution in [2.24, 2.45) is 5.73 Å². The Kier molecular flexibility index (Phi) is 2.57. The van der Waals surface area contributed by atoms with E-state index in [2.05, 4.69) is 25.9 Å². The fraction of sp³-hybridized carbons (Fsp3) is 0.429. The van der Waals surface area contributed by atoms with Crippen LogP contribution in [-0.4, -0.2) is 9.97 Å². The summed E-state index contributed by atoms with van der Waals surface area (Å²) in [6, 6.07) is 0. The van der Waals surface area contributed by atoms with Crippen LogP contribution in [0.25, 0.3) is 0 Å². The van der Waals surface area contributed by atoms with Gasteiger partial charge in [-0.15, -0.1) is 0 Å². The summed E-state index contributed by atoms with van der Waals surface area (Å²) in [7, 11) is 0. The van der Waals surface area contributed by atoms with Gasteiger partial charge < -0.3 is 5.73 Å². The van der Waals surface area contributed by atoms with E-state index in [1.54, 1.807) is 0 Å². The number of nitrogens with zero attached hydrogens (tertiary/aromatic N) is 2. The van der Waals surface area contributed by atoms with Crippen LogP contribution >= 0.6 is 15.9 Å². The van der Waals surface area contributed by atoms with Gasteiger partial charge in [0.05, 0.1) is 22.4 Å². The van der Waals surface area contributed by atoms with E-state index in [0.717, 1.165) is 15.9 Å². The summed E-state index contributed by atoms with van der Waals surface area (Å²) >= 11 is 3.38. The molecule has 1 heterocycles. The lowest BCUT2D eigenvalue weighted by Crippen LogP contribution is -2.06. The Balaban J connectivity index is 3.21. The Bertz CT molecular complexity index is 249. The Labute approximate surface area is 74.2 Å². The summed E-state index contributed by atoms with van der Waals surface area (Å²) in [6.07, 6.45) is 0. The summed E-state index contributed by atoms with van der Waals surface area (Å²) in [4.78, 5) is 8.34. The van der Waals surface area contributed by atoms with Crippen molar-refractivity contribution < 1.29 is 0 Å². The monoisotopic (exact) mass is 215 g/mol. The van der Waals surface area contributed by atoms with Crippen molar-refractivity contribution in [2.45, 2.75) is 20.4 Å². The smallest absolute Gasteiger partial charge is 0.142 e. The molecule has 4 heteroatoms. The van der Waals surface area contributed by atoms with Crippen LogP contribution in [0.5, 0.6) is 0 Å². The Hall–Kier alpha value is -0.480. The second-order valence-corrected chi connectivity index (χ2v) is 3.12. The summed E-state index contributed by atoms with van der Waals surface area (Å²) in [5, 5.41) is 0. The number of rotatable bonds is 1. The van der Waals surface area contributed by atoms with Gasteiger partial charge >= 0.3 is 0 Å². The molecule has 2 N–H and O–H groups in total. The summed E-state index contributed by atoms with van der Waals surface area (Å²) < 4.78 is 0.967. The molecule has 1 rings (SSSR count). The van der Waals surface area contributed by atoms with Crippen molar-refractivity contribution in [3.63, 3.8) is 0 Å². The average Bonchev–Trinajstić information content (AvgIpc) is 1.99. The highest BCUT2D eigenvalue weighted by Crippen LogP contribution is 2.16. The van der Waals surface area contributed by atoms with Gasteiger partial charge in [-0.25, -0.2) is 9.97 Å². The molecule has 0 fully saturated rings. The van der Waals surface area contributed by atoms with E-state index in [9.17, 15) is 0 Å². The van der Waals surface area contributed by atoms with E-state index in [1.165, 1.54) is 0 Å². The lowest BCUT2D eigenvalue weighted by molar-refractivity contribution is 0.866. The standard InChI is InChI=1S/C7H10BrN3/c1-4-7(8)5(2)11-6(3-9)10-4/h3,9H2,1-2H3. The summed E-state index contributed by atoms with van der Waals surface area (Å²) in [5.74, 6) is 0.697. The molecule has 0 saturated carbocycles. The molecule has 0 aromatic carbocycles. The number of aryl methyl sites for hydroxylation is 2. The van der Waals surface area contributed by atoms with Gasteiger partial charge in [0.1, 0.15) is 5.82 Å². The Morgan fingerprint density at radius 3 is 2.09 bits per heavy atom. The molecule has 11 heavy (non-hydrogen) atoms. The van der Waals surface area contributed by atoms with E-state index in [-0.39, 0.29) is 0 Å². The molecular formula is C7H10BrN3. The van der Waals surface area contributed by atoms with Gasteiger partial charge in [0, 0.05) is 0 Å². The van der Waals surface area contributed by atoms with Gasteiger partial charge in [0.15, 0.2) is 0 Å². The number of aromatic nitrogens is 2. The molecule has 0 saturated heterocycles. The van der Waals surface area contributed by atoms with Crippen molar-refractivity contribution in [3.8, 4) is 0 Å². The lowest BCUT2D eigenvalue weighted by Gasteiger charge is -2.03. The minimum atomic E-state index is 0.398. The molecule has 1 aromatic rings. The molecule has 0 unspecified atom stereocenters. The van der Waals surface area contributed by atoms with E-state index in [0.29, 0.717) is 12.4 Å². The zero-order chi connectivity index (χ0) is 8.43. The second-order valence-electron chi connectivity index (χ2n) is 2.33. The van der Waals surface area contributed by atoms with Crippen LogP contribution in [0.15, 0.2) is 4.47 Å². The molecule has 0 aliphatic carbocycles. The maximum Gasteiger partial charge on any atom is 0.142 e. The third kappa shape index (κ3) is 1.75. The normalized spacial score (nSPS) is 10.2. The molecular weight excluding hydrogens is 206 g/mol. The number of halogens is 1. The van der Waals surface area contributed by atoms with Gasteiger partial charge in [-0.3, -0.25) is 0 Å². The Morgan fingerprint density at radius 1 is 1.27 bits per heavy atom. The van der Waals surface area contributed by atoms with Crippen molar-refractivity contribution in [1.29, 1.82) is 0 Å². The van der Waals surface area contributed by atoms with Crippen LogP contribution in [0, 0.1) is 13.8 Å². The van der Waals surface area contributed by atoms with Crippen LogP contribution in [-0.2, 0) is 6.54 Å². The predicted octanol–water partition coefficient (Wildman–Crippen LogP) is 1.31. The highest BCUT2D eigenvalue weighted by atomic mass is 79.9. The van der Waals surface area contributed by atoms with Crippen molar-refractivity contribution in [1.82, 2.24) is 9.97 Å². The zero-order valence-corrected chi connectivity index (χ0v) is 8.14. The topological polar surface area (TPSA) is 51.8 Å². The van der Waals surface area contributed by atoms with E-state index >= 15 is 0 Å². The third-order valence-corrected chi connectivity index (χ3v) is 2.56. The molecule has 0 aliphatic heterocycles.